The largest absolute Gasteiger partial charge is 0.481 e. The van der Waals surface area contributed by atoms with Gasteiger partial charge in [-0.05, 0) is 6.42 Å². The van der Waals surface area contributed by atoms with Crippen molar-refractivity contribution in [1.82, 2.24) is 5.09 Å². The predicted octanol–water partition coefficient (Wildman–Crippen LogP) is 0.216. The highest BCUT2D eigenvalue weighted by molar-refractivity contribution is 8.10. The number of carboxylic acid groups (broad SMARTS) is 2. The topological polar surface area (TPSA) is 107 Å². The van der Waals surface area contributed by atoms with E-state index in [-0.39, 0.29) is 19.0 Å². The summed E-state index contributed by atoms with van der Waals surface area (Å²) in [5, 5.41) is 19.6. The van der Waals surface area contributed by atoms with Gasteiger partial charge in [0.25, 0.3) is 0 Å². The third kappa shape index (κ3) is 6.57. The van der Waals surface area contributed by atoms with Crippen molar-refractivity contribution in [3.63, 3.8) is 0 Å². The second kappa shape index (κ2) is 6.17. The zero-order chi connectivity index (χ0) is 12.1. The number of hydrogen-bond donors (Lipinski definition) is 4. The maximum atomic E-state index is 10.7. The number of aliphatic carboxylic acids is 2. The molecule has 0 aromatic carbocycles. The lowest BCUT2D eigenvalue weighted by Gasteiger charge is -2.20. The molecule has 88 valence electrons. The minimum Gasteiger partial charge on any atom is -0.481 e. The maximum absolute atomic E-state index is 10.7. The molecule has 0 aromatic heterocycles. The van der Waals surface area contributed by atoms with Crippen LogP contribution in [-0.4, -0.2) is 39.2 Å². The van der Waals surface area contributed by atoms with E-state index in [1.54, 1.807) is 6.92 Å². The van der Waals surface area contributed by atoms with E-state index >= 15 is 0 Å². The average molecular weight is 255 g/mol. The van der Waals surface area contributed by atoms with Crippen LogP contribution in [0.25, 0.3) is 0 Å². The van der Waals surface area contributed by atoms with Gasteiger partial charge in [0.05, 0.1) is 0 Å². The van der Waals surface area contributed by atoms with E-state index in [4.69, 9.17) is 22.0 Å². The van der Waals surface area contributed by atoms with Crippen molar-refractivity contribution in [3.8, 4) is 0 Å². The van der Waals surface area contributed by atoms with E-state index in [9.17, 15) is 14.5 Å². The van der Waals surface area contributed by atoms with Gasteiger partial charge in [-0.1, -0.05) is 18.7 Å². The van der Waals surface area contributed by atoms with Crippen LogP contribution in [0.5, 0.6) is 0 Å². The van der Waals surface area contributed by atoms with Crippen molar-refractivity contribution >= 4 is 30.2 Å². The van der Waals surface area contributed by atoms with Crippen LogP contribution in [0.2, 0.25) is 0 Å². The number of carbonyl (C=O) groups is 2. The lowest BCUT2D eigenvalue weighted by atomic mass is 10.2. The molecule has 6 nitrogen and oxygen atoms in total. The van der Waals surface area contributed by atoms with E-state index in [1.165, 1.54) is 0 Å². The van der Waals surface area contributed by atoms with Gasteiger partial charge >= 0.3 is 11.9 Å². The third-order valence-corrected chi connectivity index (χ3v) is 4.39. The summed E-state index contributed by atoms with van der Waals surface area (Å²) in [6.07, 6.45) is -2.94. The Morgan fingerprint density at radius 3 is 2.33 bits per heavy atom. The van der Waals surface area contributed by atoms with Crippen LogP contribution < -0.4 is 5.09 Å². The maximum Gasteiger partial charge on any atom is 0.321 e. The smallest absolute Gasteiger partial charge is 0.321 e. The minimum absolute atomic E-state index is 0.0936. The van der Waals surface area contributed by atoms with Crippen LogP contribution in [0.15, 0.2) is 0 Å². The summed E-state index contributed by atoms with van der Waals surface area (Å²) in [4.78, 5) is 30.5. The molecule has 0 amide bonds. The second-order valence-corrected chi connectivity index (χ2v) is 7.08. The summed E-state index contributed by atoms with van der Waals surface area (Å²) in [6.45, 7) is 1.64. The first-order valence-electron chi connectivity index (χ1n) is 4.32. The van der Waals surface area contributed by atoms with Gasteiger partial charge < -0.3 is 15.1 Å². The summed E-state index contributed by atoms with van der Waals surface area (Å²) < 4.78 is 0. The van der Waals surface area contributed by atoms with Crippen LogP contribution in [0.1, 0.15) is 19.8 Å². The molecular weight excluding hydrogens is 241 g/mol. The molecule has 0 bridgehead atoms. The zero-order valence-corrected chi connectivity index (χ0v) is 9.92. The highest BCUT2D eigenvalue weighted by atomic mass is 32.4. The van der Waals surface area contributed by atoms with E-state index in [0.29, 0.717) is 0 Å². The molecule has 8 heteroatoms. The molecule has 0 saturated heterocycles. The van der Waals surface area contributed by atoms with Crippen LogP contribution in [0.3, 0.4) is 0 Å². The Labute approximate surface area is 92.4 Å². The minimum atomic E-state index is -2.83. The predicted molar refractivity (Wildman–Crippen MR) is 58.5 cm³/mol. The van der Waals surface area contributed by atoms with Gasteiger partial charge in [-0.25, -0.2) is 0 Å². The molecule has 15 heavy (non-hydrogen) atoms. The van der Waals surface area contributed by atoms with Gasteiger partial charge in [0.1, 0.15) is 12.5 Å². The van der Waals surface area contributed by atoms with E-state index in [2.05, 4.69) is 5.09 Å². The fraction of sp³-hybridized carbons (Fsp3) is 0.714. The van der Waals surface area contributed by atoms with Gasteiger partial charge in [0.15, 0.2) is 0 Å². The molecule has 0 radical (unpaired) electrons. The van der Waals surface area contributed by atoms with Crippen molar-refractivity contribution in [3.05, 3.63) is 0 Å². The number of nitrogens with one attached hydrogen (secondary N) is 1. The Hall–Kier alpha value is -0.490. The number of hydrogen-bond acceptors (Lipinski definition) is 3. The lowest BCUT2D eigenvalue weighted by Crippen LogP contribution is -2.35. The van der Waals surface area contributed by atoms with E-state index in [1.807, 2.05) is 0 Å². The second-order valence-electron chi connectivity index (χ2n) is 2.97. The Balaban J connectivity index is 4.35. The van der Waals surface area contributed by atoms with Crippen molar-refractivity contribution in [2.75, 3.05) is 6.16 Å². The zero-order valence-electron chi connectivity index (χ0n) is 8.21. The first-order valence-corrected chi connectivity index (χ1v) is 7.26. The number of carboxylic acids is 2. The highest BCUT2D eigenvalue weighted by Gasteiger charge is 2.23. The van der Waals surface area contributed by atoms with Crippen molar-refractivity contribution in [1.29, 1.82) is 0 Å². The molecule has 0 aliphatic carbocycles. The first-order chi connectivity index (χ1) is 6.78. The quantitative estimate of drug-likeness (QED) is 0.482. The third-order valence-electron chi connectivity index (χ3n) is 1.73. The molecule has 2 atom stereocenters. The van der Waals surface area contributed by atoms with Crippen LogP contribution >= 0.6 is 6.42 Å². The highest BCUT2D eigenvalue weighted by Crippen LogP contribution is 2.35. The van der Waals surface area contributed by atoms with Gasteiger partial charge in [0, 0.05) is 12.6 Å². The van der Waals surface area contributed by atoms with E-state index < -0.39 is 24.4 Å². The fourth-order valence-corrected chi connectivity index (χ4v) is 2.14. The van der Waals surface area contributed by atoms with Gasteiger partial charge in [-0.2, -0.15) is 0 Å². The average Bonchev–Trinajstić information content (AvgIpc) is 2.11. The summed E-state index contributed by atoms with van der Waals surface area (Å²) in [6, 6.07) is -1.10. The Morgan fingerprint density at radius 2 is 2.00 bits per heavy atom. The Morgan fingerprint density at radius 1 is 1.47 bits per heavy atom. The van der Waals surface area contributed by atoms with Crippen molar-refractivity contribution in [2.24, 2.45) is 0 Å². The summed E-state index contributed by atoms with van der Waals surface area (Å²) in [5.74, 6) is -2.28. The Bertz CT molecular complexity index is 295. The molecule has 0 rings (SSSR count). The van der Waals surface area contributed by atoms with Crippen LogP contribution in [-0.2, 0) is 21.4 Å². The SMILES string of the molecule is CCP(O)(=S)N[C@@H](CCC(=O)O)C(=O)O. The first kappa shape index (κ1) is 14.5. The molecule has 1 unspecified atom stereocenters. The van der Waals surface area contributed by atoms with E-state index in [0.717, 1.165) is 0 Å². The summed E-state index contributed by atoms with van der Waals surface area (Å²) in [7, 11) is 0. The fourth-order valence-electron chi connectivity index (χ4n) is 0.846. The molecular formula is C7H14NO5PS. The van der Waals surface area contributed by atoms with Crippen LogP contribution in [0.4, 0.5) is 0 Å². The summed E-state index contributed by atoms with van der Waals surface area (Å²) >= 11 is 4.76. The molecule has 0 aromatic rings. The monoisotopic (exact) mass is 255 g/mol. The van der Waals surface area contributed by atoms with Crippen molar-refractivity contribution < 1.29 is 24.7 Å². The molecule has 0 fully saturated rings. The van der Waals surface area contributed by atoms with Gasteiger partial charge in [-0.3, -0.25) is 14.7 Å². The Kier molecular flexibility index (Phi) is 5.97. The van der Waals surface area contributed by atoms with Gasteiger partial charge in [0.2, 0.25) is 0 Å². The van der Waals surface area contributed by atoms with Crippen molar-refractivity contribution in [2.45, 2.75) is 25.8 Å². The summed E-state index contributed by atoms with van der Waals surface area (Å²) in [5.41, 5.74) is 0. The lowest BCUT2D eigenvalue weighted by molar-refractivity contribution is -0.140. The molecule has 0 saturated carbocycles. The van der Waals surface area contributed by atoms with Gasteiger partial charge in [-0.15, -0.1) is 0 Å². The molecule has 4 N–H and O–H groups in total. The molecule has 0 aliphatic rings. The molecule has 0 heterocycles. The molecule has 0 spiro atoms. The normalized spacial score (nSPS) is 16.7. The van der Waals surface area contributed by atoms with Crippen LogP contribution in [0, 0.1) is 0 Å². The standard InChI is InChI=1S/C7H14NO5PS/c1-2-14(13,15)8-5(7(11)12)3-4-6(9)10/h5H,2-4H2,1H3,(H,9,10)(H,11,12)(H2,8,13,15)/t5-,14?/m0/s1. The molecule has 0 aliphatic heterocycles. The number of rotatable bonds is 7.